The van der Waals surface area contributed by atoms with E-state index in [0.29, 0.717) is 40.4 Å². The number of rotatable bonds is 9. The predicted molar refractivity (Wildman–Crippen MR) is 131 cm³/mol. The molecule has 0 unspecified atom stereocenters. The Morgan fingerprint density at radius 3 is 2.63 bits per heavy atom. The normalized spacial score (nSPS) is 15.0. The standard InChI is InChI=1S/C28H27NO6/c1-3-4-7-14-34-22-13-12-18(16-23(22)32-2)25-24-26(30)20-10-5-6-11-21(20)35-27(24)28(31)29(25)17-19-9-8-15-33-19/h5-6,8-13,15-16,25H,3-4,7,14,17H2,1-2H3/t25-/m0/s1. The highest BCUT2D eigenvalue weighted by Gasteiger charge is 2.43. The third-order valence-electron chi connectivity index (χ3n) is 6.29. The number of hydrogen-bond donors (Lipinski definition) is 0. The number of fused-ring (bicyclic) bond motifs is 2. The van der Waals surface area contributed by atoms with E-state index in [0.717, 1.165) is 24.8 Å². The topological polar surface area (TPSA) is 82.1 Å². The molecule has 0 bridgehead atoms. The summed E-state index contributed by atoms with van der Waals surface area (Å²) in [7, 11) is 1.58. The molecule has 2 aromatic carbocycles. The first-order valence-corrected chi connectivity index (χ1v) is 11.8. The third-order valence-corrected chi connectivity index (χ3v) is 6.29. The molecule has 0 N–H and O–H groups in total. The SMILES string of the molecule is CCCCCOc1ccc([C@H]2c3c(oc4ccccc4c3=O)C(=O)N2Cc2ccco2)cc1OC. The monoisotopic (exact) mass is 473 g/mol. The number of para-hydroxylation sites is 1. The summed E-state index contributed by atoms with van der Waals surface area (Å²) in [4.78, 5) is 28.7. The number of methoxy groups -OCH3 is 1. The molecule has 1 aliphatic heterocycles. The number of unbranched alkanes of at least 4 members (excludes halogenated alkanes) is 2. The summed E-state index contributed by atoms with van der Waals surface area (Å²) in [6.07, 6.45) is 4.71. The summed E-state index contributed by atoms with van der Waals surface area (Å²) >= 11 is 0. The smallest absolute Gasteiger partial charge is 0.291 e. The van der Waals surface area contributed by atoms with Gasteiger partial charge < -0.3 is 23.2 Å². The Bertz CT molecular complexity index is 1400. The Labute approximate surface area is 202 Å². The van der Waals surface area contributed by atoms with Gasteiger partial charge in [-0.05, 0) is 48.4 Å². The fourth-order valence-electron chi connectivity index (χ4n) is 4.55. The van der Waals surface area contributed by atoms with Gasteiger partial charge in [-0.2, -0.15) is 0 Å². The first kappa shape index (κ1) is 22.8. The molecule has 0 fully saturated rings. The number of ether oxygens (including phenoxy) is 2. The van der Waals surface area contributed by atoms with Crippen molar-refractivity contribution in [3.8, 4) is 11.5 Å². The third kappa shape index (κ3) is 4.18. The molecule has 4 aromatic rings. The molecule has 180 valence electrons. The molecule has 7 heteroatoms. The Balaban J connectivity index is 1.60. The van der Waals surface area contributed by atoms with E-state index in [9.17, 15) is 9.59 Å². The molecule has 0 saturated carbocycles. The summed E-state index contributed by atoms with van der Waals surface area (Å²) in [6, 6.07) is 15.4. The van der Waals surface area contributed by atoms with E-state index in [1.807, 2.05) is 18.2 Å². The fourth-order valence-corrected chi connectivity index (χ4v) is 4.55. The van der Waals surface area contributed by atoms with Crippen LogP contribution in [-0.4, -0.2) is 24.5 Å². The van der Waals surface area contributed by atoms with Crippen LogP contribution < -0.4 is 14.9 Å². The van der Waals surface area contributed by atoms with Crippen LogP contribution >= 0.6 is 0 Å². The molecule has 0 aliphatic carbocycles. The average Bonchev–Trinajstić information content (AvgIpc) is 3.49. The van der Waals surface area contributed by atoms with Crippen molar-refractivity contribution < 1.29 is 23.1 Å². The highest BCUT2D eigenvalue weighted by molar-refractivity contribution is 5.99. The maximum absolute atomic E-state index is 13.6. The summed E-state index contributed by atoms with van der Waals surface area (Å²) in [5, 5.41) is 0.437. The summed E-state index contributed by atoms with van der Waals surface area (Å²) in [5.74, 6) is 1.48. The first-order valence-electron chi connectivity index (χ1n) is 11.8. The van der Waals surface area contributed by atoms with Gasteiger partial charge in [0.15, 0.2) is 16.9 Å². The van der Waals surface area contributed by atoms with Crippen LogP contribution in [0.1, 0.15) is 59.7 Å². The van der Waals surface area contributed by atoms with Crippen molar-refractivity contribution in [2.75, 3.05) is 13.7 Å². The van der Waals surface area contributed by atoms with Crippen LogP contribution in [0.2, 0.25) is 0 Å². The first-order chi connectivity index (χ1) is 17.1. The molecule has 0 saturated heterocycles. The molecule has 5 rings (SSSR count). The van der Waals surface area contributed by atoms with Crippen LogP contribution in [0.25, 0.3) is 11.0 Å². The van der Waals surface area contributed by atoms with Gasteiger partial charge in [-0.15, -0.1) is 0 Å². The molecular formula is C28H27NO6. The number of carbonyl (C=O) groups is 1. The lowest BCUT2D eigenvalue weighted by Crippen LogP contribution is -2.29. The highest BCUT2D eigenvalue weighted by Crippen LogP contribution is 2.41. The predicted octanol–water partition coefficient (Wildman–Crippen LogP) is 5.71. The molecule has 3 heterocycles. The van der Waals surface area contributed by atoms with E-state index in [2.05, 4.69) is 6.92 Å². The van der Waals surface area contributed by atoms with Gasteiger partial charge in [-0.25, -0.2) is 0 Å². The van der Waals surface area contributed by atoms with E-state index in [-0.39, 0.29) is 23.6 Å². The zero-order valence-electron chi connectivity index (χ0n) is 19.8. The molecule has 1 atom stereocenters. The van der Waals surface area contributed by atoms with Crippen LogP contribution in [0.3, 0.4) is 0 Å². The lowest BCUT2D eigenvalue weighted by Gasteiger charge is -2.25. The Morgan fingerprint density at radius 1 is 1.00 bits per heavy atom. The van der Waals surface area contributed by atoms with Crippen molar-refractivity contribution in [3.05, 3.63) is 93.7 Å². The van der Waals surface area contributed by atoms with Gasteiger partial charge in [-0.1, -0.05) is 38.0 Å². The van der Waals surface area contributed by atoms with Gasteiger partial charge in [0.2, 0.25) is 5.76 Å². The van der Waals surface area contributed by atoms with Crippen molar-refractivity contribution in [1.82, 2.24) is 4.90 Å². The van der Waals surface area contributed by atoms with Gasteiger partial charge in [0.05, 0.1) is 43.5 Å². The van der Waals surface area contributed by atoms with Crippen LogP contribution in [0.5, 0.6) is 11.5 Å². The minimum atomic E-state index is -0.661. The molecule has 1 amide bonds. The number of hydrogen-bond acceptors (Lipinski definition) is 6. The molecule has 0 spiro atoms. The van der Waals surface area contributed by atoms with E-state index < -0.39 is 6.04 Å². The number of carbonyl (C=O) groups excluding carboxylic acids is 1. The van der Waals surface area contributed by atoms with Gasteiger partial charge in [0.1, 0.15) is 11.3 Å². The van der Waals surface area contributed by atoms with Crippen molar-refractivity contribution in [1.29, 1.82) is 0 Å². The minimum absolute atomic E-state index is 0.0594. The van der Waals surface area contributed by atoms with Crippen LogP contribution in [0.15, 0.2) is 74.5 Å². The van der Waals surface area contributed by atoms with Crippen molar-refractivity contribution in [2.45, 2.75) is 38.8 Å². The van der Waals surface area contributed by atoms with Crippen LogP contribution in [0.4, 0.5) is 0 Å². The fraction of sp³-hybridized carbons (Fsp3) is 0.286. The molecular weight excluding hydrogens is 446 g/mol. The van der Waals surface area contributed by atoms with Crippen molar-refractivity contribution >= 4 is 16.9 Å². The van der Waals surface area contributed by atoms with Crippen LogP contribution in [-0.2, 0) is 6.54 Å². The maximum atomic E-state index is 13.6. The number of benzene rings is 2. The number of nitrogens with zero attached hydrogens (tertiary/aromatic N) is 1. The Kier molecular flexibility index (Phi) is 6.31. The molecule has 1 aliphatic rings. The summed E-state index contributed by atoms with van der Waals surface area (Å²) in [5.41, 5.74) is 1.21. The largest absolute Gasteiger partial charge is 0.493 e. The minimum Gasteiger partial charge on any atom is -0.493 e. The lowest BCUT2D eigenvalue weighted by molar-refractivity contribution is 0.0701. The molecule has 0 radical (unpaired) electrons. The van der Waals surface area contributed by atoms with Crippen molar-refractivity contribution in [2.24, 2.45) is 0 Å². The Hall–Kier alpha value is -4.00. The van der Waals surface area contributed by atoms with Crippen LogP contribution in [0, 0.1) is 0 Å². The zero-order valence-corrected chi connectivity index (χ0v) is 19.8. The molecule has 35 heavy (non-hydrogen) atoms. The van der Waals surface area contributed by atoms with Gasteiger partial charge >= 0.3 is 0 Å². The number of amides is 1. The summed E-state index contributed by atoms with van der Waals surface area (Å²) in [6.45, 7) is 2.92. The highest BCUT2D eigenvalue weighted by atomic mass is 16.5. The Morgan fingerprint density at radius 2 is 1.86 bits per heavy atom. The van der Waals surface area contributed by atoms with Gasteiger partial charge in [-0.3, -0.25) is 9.59 Å². The van der Waals surface area contributed by atoms with Gasteiger partial charge in [0.25, 0.3) is 5.91 Å². The molecule has 7 nitrogen and oxygen atoms in total. The second-order valence-electron chi connectivity index (χ2n) is 8.55. The van der Waals surface area contributed by atoms with Gasteiger partial charge in [0, 0.05) is 0 Å². The van der Waals surface area contributed by atoms with E-state index >= 15 is 0 Å². The number of furan rings is 1. The van der Waals surface area contributed by atoms with E-state index in [1.165, 1.54) is 0 Å². The van der Waals surface area contributed by atoms with E-state index in [1.54, 1.807) is 54.7 Å². The zero-order chi connectivity index (χ0) is 24.4. The van der Waals surface area contributed by atoms with Crippen molar-refractivity contribution in [3.63, 3.8) is 0 Å². The summed E-state index contributed by atoms with van der Waals surface area (Å²) < 4.78 is 23.0. The lowest BCUT2D eigenvalue weighted by atomic mass is 9.98. The van der Waals surface area contributed by atoms with E-state index in [4.69, 9.17) is 18.3 Å². The quantitative estimate of drug-likeness (QED) is 0.290. The maximum Gasteiger partial charge on any atom is 0.291 e. The second kappa shape index (κ2) is 9.70. The second-order valence-corrected chi connectivity index (χ2v) is 8.55. The molecule has 2 aromatic heterocycles. The average molecular weight is 474 g/mol.